The van der Waals surface area contributed by atoms with Crippen molar-refractivity contribution in [3.63, 3.8) is 0 Å². The average Bonchev–Trinajstić information content (AvgIpc) is 2.10. The van der Waals surface area contributed by atoms with E-state index in [-0.39, 0.29) is 0 Å². The van der Waals surface area contributed by atoms with Gasteiger partial charge in [-0.3, -0.25) is 4.98 Å². The van der Waals surface area contributed by atoms with Gasteiger partial charge < -0.3 is 0 Å². The van der Waals surface area contributed by atoms with Crippen LogP contribution in [-0.2, 0) is 0 Å². The van der Waals surface area contributed by atoms with Gasteiger partial charge in [-0.25, -0.2) is 0 Å². The van der Waals surface area contributed by atoms with Gasteiger partial charge in [-0.05, 0) is 49.3 Å². The van der Waals surface area contributed by atoms with E-state index in [1.165, 1.54) is 28.1 Å². The van der Waals surface area contributed by atoms with Crippen molar-refractivity contribution in [3.05, 3.63) is 28.1 Å². The van der Waals surface area contributed by atoms with E-state index in [4.69, 9.17) is 4.98 Å². The molecule has 0 aliphatic heterocycles. The maximum Gasteiger partial charge on any atom is 0.0464 e. The van der Waals surface area contributed by atoms with E-state index in [9.17, 15) is 0 Å². The average molecular weight is 205 g/mol. The summed E-state index contributed by atoms with van der Waals surface area (Å²) in [6.07, 6.45) is 0. The topological polar surface area (TPSA) is 12.9 Å². The minimum atomic E-state index is 0.516. The molecule has 0 aliphatic carbocycles. The van der Waals surface area contributed by atoms with Crippen molar-refractivity contribution in [1.29, 1.82) is 0 Å². The highest BCUT2D eigenvalue weighted by Gasteiger charge is 2.16. The SMILES string of the molecule is Cc1nc(C(C)C)c(C)c(C(C)C)c1C. The molecular formula is C14H23N. The first-order valence-electron chi connectivity index (χ1n) is 5.83. The number of aryl methyl sites for hydroxylation is 1. The molecule has 1 rings (SSSR count). The highest BCUT2D eigenvalue weighted by Crippen LogP contribution is 2.29. The predicted octanol–water partition coefficient (Wildman–Crippen LogP) is 4.25. The molecule has 84 valence electrons. The third kappa shape index (κ3) is 2.22. The van der Waals surface area contributed by atoms with E-state index in [1.54, 1.807) is 0 Å². The molecule has 0 amide bonds. The Kier molecular flexibility index (Phi) is 3.54. The van der Waals surface area contributed by atoms with Crippen molar-refractivity contribution in [3.8, 4) is 0 Å². The lowest BCUT2D eigenvalue weighted by molar-refractivity contribution is 0.767. The van der Waals surface area contributed by atoms with Crippen LogP contribution in [0.15, 0.2) is 0 Å². The minimum absolute atomic E-state index is 0.516. The Morgan fingerprint density at radius 3 is 1.73 bits per heavy atom. The fourth-order valence-electron chi connectivity index (χ4n) is 2.39. The van der Waals surface area contributed by atoms with Crippen LogP contribution >= 0.6 is 0 Å². The fraction of sp³-hybridized carbons (Fsp3) is 0.643. The molecule has 1 aromatic rings. The van der Waals surface area contributed by atoms with Crippen LogP contribution in [0.5, 0.6) is 0 Å². The van der Waals surface area contributed by atoms with Crippen LogP contribution in [0.2, 0.25) is 0 Å². The molecule has 0 unspecified atom stereocenters. The van der Waals surface area contributed by atoms with E-state index in [0.717, 1.165) is 0 Å². The van der Waals surface area contributed by atoms with Gasteiger partial charge in [0.25, 0.3) is 0 Å². The standard InChI is InChI=1S/C14H23N/c1-8(2)13-10(5)12(7)15-14(9(3)4)11(13)6/h8-9H,1-7H3. The Morgan fingerprint density at radius 1 is 0.800 bits per heavy atom. The molecule has 1 heteroatoms. The molecule has 0 fully saturated rings. The largest absolute Gasteiger partial charge is 0.257 e. The molecule has 1 nitrogen and oxygen atoms in total. The molecule has 0 aromatic carbocycles. The molecule has 0 saturated heterocycles. The molecule has 0 saturated carbocycles. The summed E-state index contributed by atoms with van der Waals surface area (Å²) in [5.41, 5.74) is 6.70. The van der Waals surface area contributed by atoms with Gasteiger partial charge in [0, 0.05) is 11.4 Å². The minimum Gasteiger partial charge on any atom is -0.257 e. The molecule has 0 aliphatic rings. The second kappa shape index (κ2) is 4.34. The first kappa shape index (κ1) is 12.2. The zero-order valence-corrected chi connectivity index (χ0v) is 11.1. The van der Waals surface area contributed by atoms with Crippen molar-refractivity contribution >= 4 is 0 Å². The number of hydrogen-bond donors (Lipinski definition) is 0. The Bertz CT molecular complexity index is 362. The number of hydrogen-bond acceptors (Lipinski definition) is 1. The van der Waals surface area contributed by atoms with Crippen LogP contribution in [0.4, 0.5) is 0 Å². The Hall–Kier alpha value is -0.850. The monoisotopic (exact) mass is 205 g/mol. The second-order valence-electron chi connectivity index (χ2n) is 5.06. The van der Waals surface area contributed by atoms with Gasteiger partial charge in [-0.1, -0.05) is 27.7 Å². The Balaban J connectivity index is 3.49. The molecule has 0 N–H and O–H groups in total. The quantitative estimate of drug-likeness (QED) is 0.703. The zero-order valence-electron chi connectivity index (χ0n) is 11.1. The van der Waals surface area contributed by atoms with E-state index in [2.05, 4.69) is 48.5 Å². The van der Waals surface area contributed by atoms with Gasteiger partial charge in [0.2, 0.25) is 0 Å². The van der Waals surface area contributed by atoms with Crippen LogP contribution in [0.1, 0.15) is 67.6 Å². The van der Waals surface area contributed by atoms with Gasteiger partial charge in [-0.2, -0.15) is 0 Å². The molecule has 1 aromatic heterocycles. The summed E-state index contributed by atoms with van der Waals surface area (Å²) < 4.78 is 0. The highest BCUT2D eigenvalue weighted by molar-refractivity contribution is 5.41. The van der Waals surface area contributed by atoms with Gasteiger partial charge >= 0.3 is 0 Å². The summed E-state index contributed by atoms with van der Waals surface area (Å²) in [5, 5.41) is 0. The molecule has 1 heterocycles. The van der Waals surface area contributed by atoms with Crippen LogP contribution < -0.4 is 0 Å². The van der Waals surface area contributed by atoms with E-state index in [1.807, 2.05) is 0 Å². The number of aromatic nitrogens is 1. The van der Waals surface area contributed by atoms with Gasteiger partial charge in [0.15, 0.2) is 0 Å². The number of pyridine rings is 1. The van der Waals surface area contributed by atoms with Crippen LogP contribution in [0.25, 0.3) is 0 Å². The summed E-state index contributed by atoms with van der Waals surface area (Å²) in [6, 6.07) is 0. The summed E-state index contributed by atoms with van der Waals surface area (Å²) in [6.45, 7) is 15.5. The molecule has 15 heavy (non-hydrogen) atoms. The van der Waals surface area contributed by atoms with Crippen molar-refractivity contribution < 1.29 is 0 Å². The third-order valence-electron chi connectivity index (χ3n) is 3.15. The maximum atomic E-state index is 4.71. The summed E-state index contributed by atoms with van der Waals surface area (Å²) in [7, 11) is 0. The number of rotatable bonds is 2. The maximum absolute atomic E-state index is 4.71. The first-order valence-corrected chi connectivity index (χ1v) is 5.83. The molecule has 0 bridgehead atoms. The second-order valence-corrected chi connectivity index (χ2v) is 5.06. The zero-order chi connectivity index (χ0) is 11.7. The van der Waals surface area contributed by atoms with Crippen molar-refractivity contribution in [2.75, 3.05) is 0 Å². The Morgan fingerprint density at radius 2 is 1.33 bits per heavy atom. The van der Waals surface area contributed by atoms with E-state index >= 15 is 0 Å². The summed E-state index contributed by atoms with van der Waals surface area (Å²) in [4.78, 5) is 4.71. The van der Waals surface area contributed by atoms with Gasteiger partial charge in [0.1, 0.15) is 0 Å². The normalized spacial score (nSPS) is 11.5. The Labute approximate surface area is 93.9 Å². The van der Waals surface area contributed by atoms with E-state index in [0.29, 0.717) is 11.8 Å². The van der Waals surface area contributed by atoms with Crippen LogP contribution in [0, 0.1) is 20.8 Å². The van der Waals surface area contributed by atoms with Gasteiger partial charge in [0.05, 0.1) is 0 Å². The van der Waals surface area contributed by atoms with Crippen LogP contribution in [0.3, 0.4) is 0 Å². The molecule has 0 atom stereocenters. The molecular weight excluding hydrogens is 182 g/mol. The van der Waals surface area contributed by atoms with Crippen molar-refractivity contribution in [2.24, 2.45) is 0 Å². The lowest BCUT2D eigenvalue weighted by Gasteiger charge is -2.20. The highest BCUT2D eigenvalue weighted by atomic mass is 14.7. The molecule has 0 spiro atoms. The van der Waals surface area contributed by atoms with E-state index < -0.39 is 0 Å². The molecule has 0 radical (unpaired) electrons. The first-order chi connectivity index (χ1) is 6.86. The van der Waals surface area contributed by atoms with Crippen molar-refractivity contribution in [2.45, 2.75) is 60.3 Å². The predicted molar refractivity (Wildman–Crippen MR) is 66.6 cm³/mol. The summed E-state index contributed by atoms with van der Waals surface area (Å²) in [5.74, 6) is 1.10. The van der Waals surface area contributed by atoms with Crippen molar-refractivity contribution in [1.82, 2.24) is 4.98 Å². The smallest absolute Gasteiger partial charge is 0.0464 e. The lowest BCUT2D eigenvalue weighted by atomic mass is 9.89. The third-order valence-corrected chi connectivity index (χ3v) is 3.15. The fourth-order valence-corrected chi connectivity index (χ4v) is 2.39. The summed E-state index contributed by atoms with van der Waals surface area (Å²) >= 11 is 0. The number of nitrogens with zero attached hydrogens (tertiary/aromatic N) is 1. The lowest BCUT2D eigenvalue weighted by Crippen LogP contribution is -2.07. The van der Waals surface area contributed by atoms with Crippen LogP contribution in [-0.4, -0.2) is 4.98 Å². The van der Waals surface area contributed by atoms with Gasteiger partial charge in [-0.15, -0.1) is 0 Å².